The van der Waals surface area contributed by atoms with E-state index in [9.17, 15) is 4.79 Å². The number of nitrogens with one attached hydrogen (secondary N) is 1. The molecule has 19 heavy (non-hydrogen) atoms. The Morgan fingerprint density at radius 3 is 2.63 bits per heavy atom. The van der Waals surface area contributed by atoms with Crippen LogP contribution in [0, 0.1) is 11.3 Å². The summed E-state index contributed by atoms with van der Waals surface area (Å²) in [6.07, 6.45) is 0.333. The van der Waals surface area contributed by atoms with Gasteiger partial charge in [-0.15, -0.1) is 12.4 Å². The molecule has 0 spiro atoms. The van der Waals surface area contributed by atoms with Crippen molar-refractivity contribution in [1.29, 1.82) is 5.26 Å². The third kappa shape index (κ3) is 3.83. The monoisotopic (exact) mass is 277 g/mol. The van der Waals surface area contributed by atoms with E-state index in [1.807, 2.05) is 36.4 Å². The van der Waals surface area contributed by atoms with Crippen LogP contribution < -0.4 is 0 Å². The lowest BCUT2D eigenvalue weighted by Gasteiger charge is -1.96. The lowest BCUT2D eigenvalue weighted by atomic mass is 10.1. The van der Waals surface area contributed by atoms with Gasteiger partial charge in [0.05, 0.1) is 12.1 Å². The first-order valence-corrected chi connectivity index (χ1v) is 5.42. The number of carbonyl (C=O) groups is 1. The van der Waals surface area contributed by atoms with Gasteiger partial charge in [-0.2, -0.15) is 5.26 Å². The number of carboxylic acid groups (broad SMARTS) is 1. The summed E-state index contributed by atoms with van der Waals surface area (Å²) in [5, 5.41) is 17.6. The molecule has 0 atom stereocenters. The van der Waals surface area contributed by atoms with Gasteiger partial charge < -0.3 is 10.1 Å². The molecule has 0 aliphatic heterocycles. The Kier molecular flexibility index (Phi) is 5.10. The van der Waals surface area contributed by atoms with E-state index in [4.69, 9.17) is 10.4 Å². The molecule has 0 bridgehead atoms. The fraction of sp³-hybridized carbons (Fsp3) is 0.154. The Bertz CT molecular complexity index is 602. The van der Waals surface area contributed by atoms with E-state index < -0.39 is 5.97 Å². The van der Waals surface area contributed by atoms with Crippen LogP contribution in [0.3, 0.4) is 0 Å². The number of aromatic amines is 1. The van der Waals surface area contributed by atoms with E-state index in [1.54, 1.807) is 0 Å². The molecule has 2 rings (SSSR count). The first kappa shape index (κ1) is 14.7. The number of rotatable bonds is 4. The highest BCUT2D eigenvalue weighted by atomic mass is 35.5. The molecule has 0 aliphatic rings. The molecule has 2 aromatic rings. The number of nitriles is 1. The van der Waals surface area contributed by atoms with Crippen LogP contribution in [0.2, 0.25) is 0 Å². The van der Waals surface area contributed by atoms with Crippen LogP contribution in [-0.4, -0.2) is 21.0 Å². The first-order valence-electron chi connectivity index (χ1n) is 5.42. The molecule has 6 heteroatoms. The molecule has 1 aromatic heterocycles. The van der Waals surface area contributed by atoms with Gasteiger partial charge in [-0.3, -0.25) is 4.79 Å². The Balaban J connectivity index is 0.00000180. The summed E-state index contributed by atoms with van der Waals surface area (Å²) in [5.74, 6) is -0.379. The van der Waals surface area contributed by atoms with Crippen LogP contribution in [0.5, 0.6) is 0 Å². The van der Waals surface area contributed by atoms with Crippen LogP contribution in [0.4, 0.5) is 0 Å². The number of aliphatic carboxylic acids is 1. The standard InChI is InChI=1S/C13H11N3O2.ClH/c14-8-11-10(7-13(17)18)15-12(16-11)6-9-4-2-1-3-5-9;/h1-5H,6-7H2,(H,15,16)(H,17,18);1H. The third-order valence-corrected chi connectivity index (χ3v) is 2.48. The minimum absolute atomic E-state index is 0. The minimum Gasteiger partial charge on any atom is -0.481 e. The van der Waals surface area contributed by atoms with Gasteiger partial charge in [-0.05, 0) is 5.56 Å². The summed E-state index contributed by atoms with van der Waals surface area (Å²) in [5.41, 5.74) is 1.57. The number of nitrogens with zero attached hydrogens (tertiary/aromatic N) is 2. The van der Waals surface area contributed by atoms with Crippen molar-refractivity contribution in [2.75, 3.05) is 0 Å². The Hall–Kier alpha value is -2.32. The second kappa shape index (κ2) is 6.57. The quantitative estimate of drug-likeness (QED) is 0.893. The van der Waals surface area contributed by atoms with E-state index in [0.29, 0.717) is 17.9 Å². The number of imidazole rings is 1. The van der Waals surface area contributed by atoms with Gasteiger partial charge in [0.15, 0.2) is 5.69 Å². The fourth-order valence-corrected chi connectivity index (χ4v) is 1.71. The van der Waals surface area contributed by atoms with Crippen LogP contribution in [0.25, 0.3) is 0 Å². The lowest BCUT2D eigenvalue weighted by molar-refractivity contribution is -0.136. The summed E-state index contributed by atoms with van der Waals surface area (Å²) in [6.45, 7) is 0. The van der Waals surface area contributed by atoms with Crippen LogP contribution in [0.15, 0.2) is 30.3 Å². The number of carboxylic acids is 1. The number of H-pyrrole nitrogens is 1. The predicted molar refractivity (Wildman–Crippen MR) is 71.1 cm³/mol. The third-order valence-electron chi connectivity index (χ3n) is 2.48. The molecule has 0 aliphatic carbocycles. The minimum atomic E-state index is -0.985. The van der Waals surface area contributed by atoms with Crippen LogP contribution in [0.1, 0.15) is 22.8 Å². The highest BCUT2D eigenvalue weighted by Gasteiger charge is 2.12. The Morgan fingerprint density at radius 1 is 1.37 bits per heavy atom. The number of aromatic nitrogens is 2. The zero-order valence-electron chi connectivity index (χ0n) is 9.96. The molecule has 0 saturated heterocycles. The molecular formula is C13H12ClN3O2. The van der Waals surface area contributed by atoms with Gasteiger partial charge in [0.25, 0.3) is 0 Å². The first-order chi connectivity index (χ1) is 8.69. The average Bonchev–Trinajstić information content (AvgIpc) is 2.71. The highest BCUT2D eigenvalue weighted by Crippen LogP contribution is 2.10. The second-order valence-corrected chi connectivity index (χ2v) is 3.86. The highest BCUT2D eigenvalue weighted by molar-refractivity contribution is 5.85. The van der Waals surface area contributed by atoms with E-state index in [2.05, 4.69) is 9.97 Å². The molecule has 0 radical (unpaired) electrons. The van der Waals surface area contributed by atoms with Crippen molar-refractivity contribution >= 4 is 18.4 Å². The van der Waals surface area contributed by atoms with Crippen molar-refractivity contribution in [2.24, 2.45) is 0 Å². The van der Waals surface area contributed by atoms with Crippen molar-refractivity contribution in [1.82, 2.24) is 9.97 Å². The number of hydrogen-bond donors (Lipinski definition) is 2. The Labute approximate surface area is 116 Å². The van der Waals surface area contributed by atoms with Gasteiger partial charge in [0, 0.05) is 6.42 Å². The summed E-state index contributed by atoms with van der Waals surface area (Å²) in [4.78, 5) is 17.6. The van der Waals surface area contributed by atoms with Crippen molar-refractivity contribution in [2.45, 2.75) is 12.8 Å². The van der Waals surface area contributed by atoms with Crippen molar-refractivity contribution in [3.05, 3.63) is 53.1 Å². The van der Waals surface area contributed by atoms with E-state index in [-0.39, 0.29) is 24.5 Å². The van der Waals surface area contributed by atoms with Gasteiger partial charge in [0.2, 0.25) is 0 Å². The largest absolute Gasteiger partial charge is 0.481 e. The molecule has 0 saturated carbocycles. The SMILES string of the molecule is Cl.N#Cc1nc(Cc2ccccc2)[nH]c1CC(=O)O. The van der Waals surface area contributed by atoms with E-state index in [0.717, 1.165) is 5.56 Å². The molecule has 1 aromatic carbocycles. The zero-order valence-corrected chi connectivity index (χ0v) is 10.8. The van der Waals surface area contributed by atoms with Crippen molar-refractivity contribution < 1.29 is 9.90 Å². The lowest BCUT2D eigenvalue weighted by Crippen LogP contribution is -2.02. The summed E-state index contributed by atoms with van der Waals surface area (Å²) in [6, 6.07) is 11.6. The van der Waals surface area contributed by atoms with E-state index in [1.165, 1.54) is 0 Å². The predicted octanol–water partition coefficient (Wildman–Crippen LogP) is 1.92. The molecule has 1 heterocycles. The van der Waals surface area contributed by atoms with Crippen molar-refractivity contribution in [3.63, 3.8) is 0 Å². The molecule has 0 unspecified atom stereocenters. The number of benzene rings is 1. The summed E-state index contributed by atoms with van der Waals surface area (Å²) < 4.78 is 0. The van der Waals surface area contributed by atoms with Gasteiger partial charge in [-0.25, -0.2) is 4.98 Å². The maximum atomic E-state index is 10.6. The van der Waals surface area contributed by atoms with E-state index >= 15 is 0 Å². The smallest absolute Gasteiger partial charge is 0.309 e. The average molecular weight is 278 g/mol. The van der Waals surface area contributed by atoms with Crippen LogP contribution in [-0.2, 0) is 17.6 Å². The number of halogens is 1. The Morgan fingerprint density at radius 2 is 2.05 bits per heavy atom. The maximum absolute atomic E-state index is 10.6. The molecule has 2 N–H and O–H groups in total. The fourth-order valence-electron chi connectivity index (χ4n) is 1.71. The molecule has 0 amide bonds. The van der Waals surface area contributed by atoms with Gasteiger partial charge >= 0.3 is 5.97 Å². The van der Waals surface area contributed by atoms with Gasteiger partial charge in [0.1, 0.15) is 11.9 Å². The molecule has 5 nitrogen and oxygen atoms in total. The van der Waals surface area contributed by atoms with Crippen molar-refractivity contribution in [3.8, 4) is 6.07 Å². The normalized spacial score (nSPS) is 9.42. The topological polar surface area (TPSA) is 89.8 Å². The maximum Gasteiger partial charge on any atom is 0.309 e. The van der Waals surface area contributed by atoms with Crippen LogP contribution >= 0.6 is 12.4 Å². The number of hydrogen-bond acceptors (Lipinski definition) is 3. The molecule has 98 valence electrons. The summed E-state index contributed by atoms with van der Waals surface area (Å²) >= 11 is 0. The molecule has 0 fully saturated rings. The van der Waals surface area contributed by atoms with Gasteiger partial charge in [-0.1, -0.05) is 30.3 Å². The zero-order chi connectivity index (χ0) is 13.0. The second-order valence-electron chi connectivity index (χ2n) is 3.86. The summed E-state index contributed by atoms with van der Waals surface area (Å²) in [7, 11) is 0. The molecular weight excluding hydrogens is 266 g/mol.